The lowest BCUT2D eigenvalue weighted by molar-refractivity contribution is 0.258. The number of aromatic hydroxyl groups is 1. The summed E-state index contributed by atoms with van der Waals surface area (Å²) in [5, 5.41) is 12.2. The number of benzene rings is 4. The molecule has 0 bridgehead atoms. The van der Waals surface area contributed by atoms with E-state index < -0.39 is 0 Å². The number of hydrogen-bond donors (Lipinski definition) is 2. The summed E-state index contributed by atoms with van der Waals surface area (Å²) >= 11 is 4.33. The van der Waals surface area contributed by atoms with Gasteiger partial charge < -0.3 is 33.2 Å². The molecule has 1 heterocycles. The van der Waals surface area contributed by atoms with Gasteiger partial charge in [-0.25, -0.2) is 0 Å². The van der Waals surface area contributed by atoms with E-state index >= 15 is 0 Å². The Kier molecular flexibility index (Phi) is 15.2. The van der Waals surface area contributed by atoms with Crippen LogP contribution in [0.2, 0.25) is 0 Å². The fourth-order valence-corrected chi connectivity index (χ4v) is 6.46. The van der Waals surface area contributed by atoms with Gasteiger partial charge in [0.05, 0.1) is 38.9 Å². The van der Waals surface area contributed by atoms with E-state index in [0.717, 1.165) is 53.2 Å². The monoisotopic (exact) mass is 780 g/mol. The molecule has 0 saturated heterocycles. The zero-order valence-electron chi connectivity index (χ0n) is 33.8. The summed E-state index contributed by atoms with van der Waals surface area (Å²) in [4.78, 5) is 15.4. The van der Waals surface area contributed by atoms with Crippen molar-refractivity contribution in [1.29, 1.82) is 0 Å². The highest BCUT2D eigenvalue weighted by molar-refractivity contribution is 7.80. The van der Waals surface area contributed by atoms with Gasteiger partial charge in [-0.3, -0.25) is 4.79 Å². The highest BCUT2D eigenvalue weighted by Gasteiger charge is 2.24. The van der Waals surface area contributed by atoms with Crippen LogP contribution in [-0.4, -0.2) is 38.6 Å². The molecule has 0 fully saturated rings. The van der Waals surface area contributed by atoms with Crippen LogP contribution >= 0.6 is 12.6 Å². The van der Waals surface area contributed by atoms with Crippen molar-refractivity contribution in [3.63, 3.8) is 0 Å². The summed E-state index contributed by atoms with van der Waals surface area (Å²) in [6, 6.07) is 19.2. The molecule has 9 heteroatoms. The fourth-order valence-electron chi connectivity index (χ4n) is 6.31. The first kappa shape index (κ1) is 42.1. The number of unbranched alkanes of at least 4 members (excludes halogenated alkanes) is 2. The van der Waals surface area contributed by atoms with Crippen LogP contribution in [0.1, 0.15) is 89.8 Å². The molecule has 0 aliphatic rings. The molecule has 0 unspecified atom stereocenters. The van der Waals surface area contributed by atoms with Crippen LogP contribution in [0.25, 0.3) is 21.9 Å². The van der Waals surface area contributed by atoms with Gasteiger partial charge in [0.1, 0.15) is 39.6 Å². The van der Waals surface area contributed by atoms with Crippen molar-refractivity contribution in [1.82, 2.24) is 0 Å². The number of methoxy groups -OCH3 is 1. The smallest absolute Gasteiger partial charge is 0.204 e. The predicted octanol–water partition coefficient (Wildman–Crippen LogP) is 11.6. The zero-order valence-corrected chi connectivity index (χ0v) is 34.7. The molecule has 1 N–H and O–H groups in total. The van der Waals surface area contributed by atoms with E-state index in [4.69, 9.17) is 28.1 Å². The maximum absolute atomic E-state index is 14.5. The zero-order chi connectivity index (χ0) is 40.2. The predicted molar refractivity (Wildman–Crippen MR) is 229 cm³/mol. The molecule has 0 radical (unpaired) electrons. The normalized spacial score (nSPS) is 11.2. The second-order valence-electron chi connectivity index (χ2n) is 14.8. The fraction of sp³-hybridized carbons (Fsp3) is 0.383. The van der Waals surface area contributed by atoms with Gasteiger partial charge in [-0.1, -0.05) is 49.3 Å². The Balaban J connectivity index is 1.40. The minimum Gasteiger partial charge on any atom is -0.507 e. The molecule has 0 amide bonds. The van der Waals surface area contributed by atoms with Crippen molar-refractivity contribution in [2.24, 2.45) is 0 Å². The Labute approximate surface area is 336 Å². The molecule has 0 aliphatic heterocycles. The summed E-state index contributed by atoms with van der Waals surface area (Å²) in [5.41, 5.74) is 4.85. The van der Waals surface area contributed by atoms with Crippen LogP contribution < -0.4 is 29.1 Å². The van der Waals surface area contributed by atoms with Crippen LogP contribution in [0.15, 0.2) is 98.1 Å². The molecular weight excluding hydrogens is 725 g/mol. The first-order valence-corrected chi connectivity index (χ1v) is 19.9. The molecule has 298 valence electrons. The van der Waals surface area contributed by atoms with Crippen molar-refractivity contribution >= 4 is 34.6 Å². The van der Waals surface area contributed by atoms with Crippen molar-refractivity contribution in [2.75, 3.05) is 33.5 Å². The summed E-state index contributed by atoms with van der Waals surface area (Å²) in [6.07, 6.45) is 7.87. The average Bonchev–Trinajstić information content (AvgIpc) is 3.16. The lowest BCUT2D eigenvalue weighted by Gasteiger charge is -2.18. The Bertz CT molecular complexity index is 2190. The summed E-state index contributed by atoms with van der Waals surface area (Å²) in [5.74, 6) is 3.38. The van der Waals surface area contributed by atoms with E-state index in [2.05, 4.69) is 38.6 Å². The Morgan fingerprint density at radius 2 is 1.18 bits per heavy atom. The van der Waals surface area contributed by atoms with Gasteiger partial charge in [-0.15, -0.1) is 12.6 Å². The number of rotatable bonds is 20. The van der Waals surface area contributed by atoms with Gasteiger partial charge >= 0.3 is 0 Å². The van der Waals surface area contributed by atoms with Crippen molar-refractivity contribution in [3.8, 4) is 34.5 Å². The molecule has 5 aromatic rings. The van der Waals surface area contributed by atoms with Crippen LogP contribution in [0.5, 0.6) is 34.5 Å². The quantitative estimate of drug-likeness (QED) is 0.0349. The van der Waals surface area contributed by atoms with E-state index in [1.54, 1.807) is 19.2 Å². The van der Waals surface area contributed by atoms with Crippen LogP contribution in [-0.2, 0) is 12.8 Å². The van der Waals surface area contributed by atoms with Crippen LogP contribution in [0, 0.1) is 0 Å². The van der Waals surface area contributed by atoms with Gasteiger partial charge in [-0.2, -0.15) is 0 Å². The van der Waals surface area contributed by atoms with Gasteiger partial charge in [0, 0.05) is 28.2 Å². The number of phenols is 1. The molecule has 0 spiro atoms. The van der Waals surface area contributed by atoms with E-state index in [1.165, 1.54) is 5.56 Å². The number of fused-ring (bicyclic) bond motifs is 2. The highest BCUT2D eigenvalue weighted by Crippen LogP contribution is 2.42. The summed E-state index contributed by atoms with van der Waals surface area (Å²) in [6.45, 7) is 14.2. The Morgan fingerprint density at radius 1 is 0.696 bits per heavy atom. The van der Waals surface area contributed by atoms with Crippen LogP contribution in [0.4, 0.5) is 0 Å². The molecule has 1 aromatic heterocycles. The summed E-state index contributed by atoms with van der Waals surface area (Å²) in [7, 11) is 1.57. The van der Waals surface area contributed by atoms with Gasteiger partial charge in [0.25, 0.3) is 0 Å². The Morgan fingerprint density at radius 3 is 1.71 bits per heavy atom. The van der Waals surface area contributed by atoms with E-state index in [-0.39, 0.29) is 22.1 Å². The minimum absolute atomic E-state index is 0.108. The topological polar surface area (TPSA) is 96.6 Å². The number of hydrogen-bond acceptors (Lipinski definition) is 9. The third-order valence-electron chi connectivity index (χ3n) is 9.46. The van der Waals surface area contributed by atoms with Crippen molar-refractivity contribution in [3.05, 3.63) is 111 Å². The molecule has 56 heavy (non-hydrogen) atoms. The second-order valence-corrected chi connectivity index (χ2v) is 15.3. The van der Waals surface area contributed by atoms with Gasteiger partial charge in [0.2, 0.25) is 5.43 Å². The van der Waals surface area contributed by atoms with E-state index in [1.807, 2.05) is 76.2 Å². The second kappa shape index (κ2) is 20.2. The molecule has 8 nitrogen and oxygen atoms in total. The number of ether oxygens (including phenoxy) is 5. The highest BCUT2D eigenvalue weighted by atomic mass is 32.1. The van der Waals surface area contributed by atoms with Gasteiger partial charge in [-0.05, 0) is 114 Å². The lowest BCUT2D eigenvalue weighted by Crippen LogP contribution is -2.10. The SMILES string of the molecule is COc1c(OCCCCOc2ccc(S)cc2)cc2oc3cc(OCCCCOc4ccc(C(C)C)cc4)c(CC=C(C)C)c(O)c3c(=O)c2c1CC=C(C)C. The standard InChI is InChI=1S/C47H56O8S/c1-30(2)12-22-37-39(53-26-10-8-24-51-34-16-14-33(15-17-34)32(5)6)28-41-44(45(37)48)46(49)43-38(23-13-31(3)4)47(50-7)42(29-40(43)55-41)54-27-11-9-25-52-35-18-20-36(56)21-19-35/h12-21,28-29,32,48,56H,8-11,22-27H2,1-7H3. The third kappa shape index (κ3) is 11.1. The molecule has 0 aliphatic carbocycles. The molecule has 4 aromatic carbocycles. The van der Waals surface area contributed by atoms with Gasteiger partial charge in [0.15, 0.2) is 11.5 Å². The van der Waals surface area contributed by atoms with E-state index in [0.29, 0.717) is 84.5 Å². The maximum atomic E-state index is 14.5. The largest absolute Gasteiger partial charge is 0.507 e. The average molecular weight is 781 g/mol. The first-order chi connectivity index (χ1) is 27.0. The number of allylic oxidation sites excluding steroid dienone is 4. The molecular formula is C47H56O8S. The molecule has 5 rings (SSSR count). The summed E-state index contributed by atoms with van der Waals surface area (Å²) < 4.78 is 36.8. The minimum atomic E-state index is -0.340. The number of phenolic OH excluding ortho intramolecular Hbond substituents is 1. The third-order valence-corrected chi connectivity index (χ3v) is 9.76. The lowest BCUT2D eigenvalue weighted by atomic mass is 9.98. The van der Waals surface area contributed by atoms with E-state index in [9.17, 15) is 9.90 Å². The maximum Gasteiger partial charge on any atom is 0.204 e. The Hall–Kier alpha value is -5.02. The van der Waals surface area contributed by atoms with Crippen molar-refractivity contribution < 1.29 is 33.2 Å². The number of thiol groups is 1. The molecule has 0 atom stereocenters. The van der Waals surface area contributed by atoms with Crippen molar-refractivity contribution in [2.45, 2.75) is 90.9 Å². The van der Waals surface area contributed by atoms with Crippen LogP contribution in [0.3, 0.4) is 0 Å². The first-order valence-electron chi connectivity index (χ1n) is 19.5. The molecule has 0 saturated carbocycles.